The number of carbonyl (C=O) groups excluding carboxylic acids is 1. The molecule has 0 aliphatic rings. The first-order chi connectivity index (χ1) is 11.6. The number of hydrogen-bond acceptors (Lipinski definition) is 2. The average Bonchev–Trinajstić information content (AvgIpc) is 2.60. The summed E-state index contributed by atoms with van der Waals surface area (Å²) in [6, 6.07) is 16.7. The zero-order valence-corrected chi connectivity index (χ0v) is 13.9. The highest BCUT2D eigenvalue weighted by Gasteiger charge is 2.15. The first-order valence-corrected chi connectivity index (χ1v) is 8.27. The lowest BCUT2D eigenvalue weighted by Gasteiger charge is -2.18. The van der Waals surface area contributed by atoms with Gasteiger partial charge in [0.25, 0.3) is 0 Å². The van der Waals surface area contributed by atoms with E-state index < -0.39 is 5.97 Å². The molecule has 2 rings (SSSR count). The molecule has 0 fully saturated rings. The molecule has 0 aromatic heterocycles. The fourth-order valence-corrected chi connectivity index (χ4v) is 2.76. The second kappa shape index (κ2) is 8.87. The lowest BCUT2D eigenvalue weighted by atomic mass is 10.0. The minimum atomic E-state index is -0.959. The number of aryl methyl sites for hydroxylation is 1. The summed E-state index contributed by atoms with van der Waals surface area (Å²) >= 11 is 0. The third-order valence-electron chi connectivity index (χ3n) is 3.98. The molecule has 0 aliphatic heterocycles. The van der Waals surface area contributed by atoms with E-state index in [2.05, 4.69) is 12.2 Å². The van der Waals surface area contributed by atoms with Gasteiger partial charge in [0.2, 0.25) is 5.91 Å². The third kappa shape index (κ3) is 4.95. The summed E-state index contributed by atoms with van der Waals surface area (Å²) in [6.45, 7) is 2.09. The van der Waals surface area contributed by atoms with Crippen molar-refractivity contribution in [2.24, 2.45) is 0 Å². The molecule has 0 saturated carbocycles. The van der Waals surface area contributed by atoms with E-state index in [1.807, 2.05) is 30.3 Å². The molecular formula is C20H23NO3. The Kier molecular flexibility index (Phi) is 6.55. The van der Waals surface area contributed by atoms with Gasteiger partial charge in [-0.05, 0) is 30.0 Å². The van der Waals surface area contributed by atoms with E-state index in [0.29, 0.717) is 12.0 Å². The first kappa shape index (κ1) is 17.7. The van der Waals surface area contributed by atoms with Crippen LogP contribution < -0.4 is 5.32 Å². The van der Waals surface area contributed by atoms with E-state index in [9.17, 15) is 14.7 Å². The summed E-state index contributed by atoms with van der Waals surface area (Å²) in [6.07, 6.45) is 2.54. The summed E-state index contributed by atoms with van der Waals surface area (Å²) in [5.41, 5.74) is 2.05. The molecule has 0 aliphatic carbocycles. The van der Waals surface area contributed by atoms with Gasteiger partial charge < -0.3 is 10.4 Å². The van der Waals surface area contributed by atoms with Gasteiger partial charge >= 0.3 is 5.97 Å². The Hall–Kier alpha value is -2.62. The maximum absolute atomic E-state index is 12.3. The molecule has 1 amide bonds. The van der Waals surface area contributed by atoms with Crippen molar-refractivity contribution in [2.45, 2.75) is 38.6 Å². The van der Waals surface area contributed by atoms with Crippen LogP contribution in [0.15, 0.2) is 54.6 Å². The molecule has 1 atom stereocenters. The van der Waals surface area contributed by atoms with Crippen molar-refractivity contribution >= 4 is 11.9 Å². The monoisotopic (exact) mass is 325 g/mol. The highest BCUT2D eigenvalue weighted by molar-refractivity contribution is 5.89. The van der Waals surface area contributed by atoms with Crippen molar-refractivity contribution < 1.29 is 14.7 Å². The van der Waals surface area contributed by atoms with Crippen molar-refractivity contribution in [3.8, 4) is 0 Å². The molecule has 0 spiro atoms. The molecule has 126 valence electrons. The maximum atomic E-state index is 12.3. The largest absolute Gasteiger partial charge is 0.478 e. The van der Waals surface area contributed by atoms with E-state index in [1.54, 1.807) is 24.3 Å². The molecule has 2 aromatic carbocycles. The van der Waals surface area contributed by atoms with Gasteiger partial charge in [0.1, 0.15) is 0 Å². The summed E-state index contributed by atoms with van der Waals surface area (Å²) in [5, 5.41) is 12.3. The van der Waals surface area contributed by atoms with Gasteiger partial charge in [-0.15, -0.1) is 0 Å². The van der Waals surface area contributed by atoms with E-state index >= 15 is 0 Å². The Morgan fingerprint density at radius 2 is 1.71 bits per heavy atom. The standard InChI is InChI=1S/C20H23NO3/c1-2-8-18(16-10-4-3-5-11-16)21-19(22)14-13-15-9-6-7-12-17(15)20(23)24/h3-7,9-12,18H,2,8,13-14H2,1H3,(H,21,22)(H,23,24). The highest BCUT2D eigenvalue weighted by Crippen LogP contribution is 2.18. The van der Waals surface area contributed by atoms with Crippen molar-refractivity contribution in [1.82, 2.24) is 5.32 Å². The van der Waals surface area contributed by atoms with Crippen LogP contribution in [0.1, 0.15) is 53.7 Å². The fourth-order valence-electron chi connectivity index (χ4n) is 2.76. The molecular weight excluding hydrogens is 302 g/mol. The number of benzene rings is 2. The molecule has 0 heterocycles. The maximum Gasteiger partial charge on any atom is 0.335 e. The molecule has 2 aromatic rings. The van der Waals surface area contributed by atoms with Gasteiger partial charge in [0.05, 0.1) is 11.6 Å². The van der Waals surface area contributed by atoms with Gasteiger partial charge in [-0.1, -0.05) is 61.9 Å². The predicted octanol–water partition coefficient (Wildman–Crippen LogP) is 3.98. The van der Waals surface area contributed by atoms with E-state index in [0.717, 1.165) is 18.4 Å². The zero-order valence-electron chi connectivity index (χ0n) is 13.9. The van der Waals surface area contributed by atoms with Crippen LogP contribution >= 0.6 is 0 Å². The van der Waals surface area contributed by atoms with Gasteiger partial charge in [-0.25, -0.2) is 4.79 Å². The summed E-state index contributed by atoms with van der Waals surface area (Å²) in [4.78, 5) is 23.5. The van der Waals surface area contributed by atoms with Crippen LogP contribution in [-0.2, 0) is 11.2 Å². The molecule has 4 heteroatoms. The number of aromatic carboxylic acids is 1. The summed E-state index contributed by atoms with van der Waals surface area (Å²) in [7, 11) is 0. The molecule has 0 radical (unpaired) electrons. The molecule has 4 nitrogen and oxygen atoms in total. The molecule has 0 bridgehead atoms. The van der Waals surface area contributed by atoms with Crippen LogP contribution in [0.25, 0.3) is 0 Å². The Labute approximate surface area is 142 Å². The number of carbonyl (C=O) groups is 2. The van der Waals surface area contributed by atoms with Crippen molar-refractivity contribution in [2.75, 3.05) is 0 Å². The number of carboxylic acid groups (broad SMARTS) is 1. The number of nitrogens with one attached hydrogen (secondary N) is 1. The molecule has 2 N–H and O–H groups in total. The number of amides is 1. The Morgan fingerprint density at radius 3 is 2.38 bits per heavy atom. The Bertz CT molecular complexity index is 682. The molecule has 1 unspecified atom stereocenters. The van der Waals surface area contributed by atoms with E-state index in [-0.39, 0.29) is 23.9 Å². The van der Waals surface area contributed by atoms with Crippen LogP contribution in [0, 0.1) is 0 Å². The first-order valence-electron chi connectivity index (χ1n) is 8.27. The van der Waals surface area contributed by atoms with Crippen LogP contribution in [0.3, 0.4) is 0 Å². The second-order valence-electron chi connectivity index (χ2n) is 5.78. The van der Waals surface area contributed by atoms with Crippen LogP contribution in [-0.4, -0.2) is 17.0 Å². The van der Waals surface area contributed by atoms with Gasteiger partial charge in [-0.3, -0.25) is 4.79 Å². The Morgan fingerprint density at radius 1 is 1.04 bits per heavy atom. The van der Waals surface area contributed by atoms with E-state index in [4.69, 9.17) is 0 Å². The second-order valence-corrected chi connectivity index (χ2v) is 5.78. The third-order valence-corrected chi connectivity index (χ3v) is 3.98. The number of carboxylic acids is 1. The van der Waals surface area contributed by atoms with Gasteiger partial charge in [0.15, 0.2) is 0 Å². The lowest BCUT2D eigenvalue weighted by Crippen LogP contribution is -2.28. The van der Waals surface area contributed by atoms with Crippen LogP contribution in [0.4, 0.5) is 0 Å². The number of rotatable bonds is 8. The van der Waals surface area contributed by atoms with Crippen molar-refractivity contribution in [3.63, 3.8) is 0 Å². The summed E-state index contributed by atoms with van der Waals surface area (Å²) < 4.78 is 0. The zero-order chi connectivity index (χ0) is 17.4. The highest BCUT2D eigenvalue weighted by atomic mass is 16.4. The average molecular weight is 325 g/mol. The number of hydrogen-bond donors (Lipinski definition) is 2. The van der Waals surface area contributed by atoms with Gasteiger partial charge in [0, 0.05) is 6.42 Å². The molecule has 0 saturated heterocycles. The van der Waals surface area contributed by atoms with E-state index in [1.165, 1.54) is 0 Å². The van der Waals surface area contributed by atoms with Crippen LogP contribution in [0.5, 0.6) is 0 Å². The van der Waals surface area contributed by atoms with Crippen molar-refractivity contribution in [3.05, 3.63) is 71.3 Å². The molecule has 24 heavy (non-hydrogen) atoms. The Balaban J connectivity index is 1.98. The fraction of sp³-hybridized carbons (Fsp3) is 0.300. The predicted molar refractivity (Wildman–Crippen MR) is 94.0 cm³/mol. The summed E-state index contributed by atoms with van der Waals surface area (Å²) in [5.74, 6) is -1.02. The van der Waals surface area contributed by atoms with Gasteiger partial charge in [-0.2, -0.15) is 0 Å². The van der Waals surface area contributed by atoms with Crippen molar-refractivity contribution in [1.29, 1.82) is 0 Å². The normalized spacial score (nSPS) is 11.7. The smallest absolute Gasteiger partial charge is 0.335 e. The topological polar surface area (TPSA) is 66.4 Å². The SMILES string of the molecule is CCCC(NC(=O)CCc1ccccc1C(=O)O)c1ccccc1. The van der Waals surface area contributed by atoms with Crippen LogP contribution in [0.2, 0.25) is 0 Å². The quantitative estimate of drug-likeness (QED) is 0.771. The minimum Gasteiger partial charge on any atom is -0.478 e. The minimum absolute atomic E-state index is 0.00147. The lowest BCUT2D eigenvalue weighted by molar-refractivity contribution is -0.121.